The van der Waals surface area contributed by atoms with Crippen LogP contribution in [0.1, 0.15) is 41.3 Å². The Morgan fingerprint density at radius 2 is 1.92 bits per heavy atom. The van der Waals surface area contributed by atoms with Gasteiger partial charge in [0.1, 0.15) is 5.75 Å². The predicted molar refractivity (Wildman–Crippen MR) is 97.8 cm³/mol. The first-order valence-corrected chi connectivity index (χ1v) is 8.21. The second-order valence-corrected chi connectivity index (χ2v) is 6.44. The minimum Gasteiger partial charge on any atom is -0.483 e. The first-order valence-electron chi connectivity index (χ1n) is 7.84. The molecule has 25 heavy (non-hydrogen) atoms. The zero-order chi connectivity index (χ0) is 18.6. The molecule has 2 N–H and O–H groups in total. The number of carbonyl (C=O) groups excluding carboxylic acids is 1. The summed E-state index contributed by atoms with van der Waals surface area (Å²) in [6, 6.07) is 10.2. The van der Waals surface area contributed by atoms with E-state index in [9.17, 15) is 9.59 Å². The van der Waals surface area contributed by atoms with Crippen molar-refractivity contribution in [3.05, 3.63) is 58.1 Å². The van der Waals surface area contributed by atoms with Gasteiger partial charge in [-0.05, 0) is 48.2 Å². The van der Waals surface area contributed by atoms with Gasteiger partial charge in [-0.2, -0.15) is 0 Å². The van der Waals surface area contributed by atoms with Crippen molar-refractivity contribution in [3.8, 4) is 5.75 Å². The van der Waals surface area contributed by atoms with Crippen molar-refractivity contribution in [1.29, 1.82) is 0 Å². The Morgan fingerprint density at radius 1 is 1.20 bits per heavy atom. The Labute approximate surface area is 151 Å². The van der Waals surface area contributed by atoms with Crippen molar-refractivity contribution in [3.63, 3.8) is 0 Å². The van der Waals surface area contributed by atoms with Crippen LogP contribution in [0.25, 0.3) is 0 Å². The lowest BCUT2D eigenvalue weighted by atomic mass is 10.0. The number of amides is 1. The van der Waals surface area contributed by atoms with Crippen molar-refractivity contribution >= 4 is 29.2 Å². The molecule has 0 heterocycles. The standard InChI is InChI=1S/C19H20ClNO4/c1-11(2)14-6-4-12(3)8-17(14)25-10-18(22)21-13-5-7-16(20)15(9-13)19(23)24/h4-9,11H,10H2,1-3H3,(H,21,22)(H,23,24). The number of carboxylic acids is 1. The number of halogens is 1. The molecule has 2 rings (SSSR count). The molecule has 2 aromatic rings. The molecule has 0 atom stereocenters. The summed E-state index contributed by atoms with van der Waals surface area (Å²) in [5, 5.41) is 11.8. The Kier molecular flexibility index (Phi) is 6.04. The van der Waals surface area contributed by atoms with Crippen molar-refractivity contribution in [1.82, 2.24) is 0 Å². The molecular weight excluding hydrogens is 342 g/mol. The van der Waals surface area contributed by atoms with E-state index < -0.39 is 5.97 Å². The van der Waals surface area contributed by atoms with Crippen LogP contribution in [-0.2, 0) is 4.79 Å². The molecule has 5 nitrogen and oxygen atoms in total. The molecule has 0 aliphatic rings. The van der Waals surface area contributed by atoms with Crippen LogP contribution in [0.4, 0.5) is 5.69 Å². The molecule has 0 unspecified atom stereocenters. The third-order valence-electron chi connectivity index (χ3n) is 3.63. The minimum atomic E-state index is -1.15. The summed E-state index contributed by atoms with van der Waals surface area (Å²) in [7, 11) is 0. The molecule has 132 valence electrons. The third kappa shape index (κ3) is 4.97. The molecule has 0 radical (unpaired) electrons. The second-order valence-electron chi connectivity index (χ2n) is 6.03. The number of anilines is 1. The maximum atomic E-state index is 12.1. The quantitative estimate of drug-likeness (QED) is 0.795. The maximum Gasteiger partial charge on any atom is 0.337 e. The number of hydrogen-bond donors (Lipinski definition) is 2. The molecular formula is C19H20ClNO4. The van der Waals surface area contributed by atoms with Crippen LogP contribution < -0.4 is 10.1 Å². The van der Waals surface area contributed by atoms with E-state index in [0.29, 0.717) is 11.4 Å². The van der Waals surface area contributed by atoms with Gasteiger partial charge in [0, 0.05) is 5.69 Å². The van der Waals surface area contributed by atoms with Crippen molar-refractivity contribution < 1.29 is 19.4 Å². The molecule has 2 aromatic carbocycles. The van der Waals surface area contributed by atoms with E-state index in [1.165, 1.54) is 12.1 Å². The van der Waals surface area contributed by atoms with Crippen LogP contribution in [-0.4, -0.2) is 23.6 Å². The first kappa shape index (κ1) is 18.8. The van der Waals surface area contributed by atoms with Gasteiger partial charge in [-0.3, -0.25) is 4.79 Å². The monoisotopic (exact) mass is 361 g/mol. The normalized spacial score (nSPS) is 10.6. The van der Waals surface area contributed by atoms with Crippen LogP contribution >= 0.6 is 11.6 Å². The number of rotatable bonds is 6. The molecule has 0 aromatic heterocycles. The summed E-state index contributed by atoms with van der Waals surface area (Å²) < 4.78 is 5.66. The van der Waals surface area contributed by atoms with Crippen molar-refractivity contribution in [2.45, 2.75) is 26.7 Å². The van der Waals surface area contributed by atoms with E-state index in [-0.39, 0.29) is 29.0 Å². The fourth-order valence-electron chi connectivity index (χ4n) is 2.35. The number of nitrogens with one attached hydrogen (secondary N) is 1. The average Bonchev–Trinajstić information content (AvgIpc) is 2.54. The highest BCUT2D eigenvalue weighted by Crippen LogP contribution is 2.27. The van der Waals surface area contributed by atoms with Crippen LogP contribution in [0.2, 0.25) is 5.02 Å². The average molecular weight is 362 g/mol. The zero-order valence-corrected chi connectivity index (χ0v) is 15.1. The van der Waals surface area contributed by atoms with Gasteiger partial charge in [-0.25, -0.2) is 4.79 Å². The zero-order valence-electron chi connectivity index (χ0n) is 14.3. The SMILES string of the molecule is Cc1ccc(C(C)C)c(OCC(=O)Nc2ccc(Cl)c(C(=O)O)c2)c1. The summed E-state index contributed by atoms with van der Waals surface area (Å²) in [4.78, 5) is 23.2. The van der Waals surface area contributed by atoms with E-state index in [2.05, 4.69) is 19.2 Å². The number of benzene rings is 2. The van der Waals surface area contributed by atoms with Gasteiger partial charge in [0.15, 0.2) is 6.61 Å². The molecule has 1 amide bonds. The fourth-order valence-corrected chi connectivity index (χ4v) is 2.55. The summed E-state index contributed by atoms with van der Waals surface area (Å²) in [6.07, 6.45) is 0. The number of hydrogen-bond acceptors (Lipinski definition) is 3. The first-order chi connectivity index (χ1) is 11.8. The van der Waals surface area contributed by atoms with Gasteiger partial charge in [0.25, 0.3) is 5.91 Å². The second kappa shape index (κ2) is 8.03. The van der Waals surface area contributed by atoms with Crippen molar-refractivity contribution in [2.24, 2.45) is 0 Å². The molecule has 0 saturated heterocycles. The largest absolute Gasteiger partial charge is 0.483 e. The van der Waals surface area contributed by atoms with Crippen molar-refractivity contribution in [2.75, 3.05) is 11.9 Å². The molecule has 0 saturated carbocycles. The number of carboxylic acid groups (broad SMARTS) is 1. The molecule has 0 aliphatic carbocycles. The smallest absolute Gasteiger partial charge is 0.337 e. The van der Waals surface area contributed by atoms with Gasteiger partial charge < -0.3 is 15.2 Å². The van der Waals surface area contributed by atoms with Gasteiger partial charge in [-0.15, -0.1) is 0 Å². The van der Waals surface area contributed by atoms with Crippen LogP contribution in [0.15, 0.2) is 36.4 Å². The Bertz CT molecular complexity index is 802. The Balaban J connectivity index is 2.06. The van der Waals surface area contributed by atoms with Gasteiger partial charge in [0.05, 0.1) is 10.6 Å². The highest BCUT2D eigenvalue weighted by molar-refractivity contribution is 6.33. The highest BCUT2D eigenvalue weighted by Gasteiger charge is 2.13. The molecule has 0 fully saturated rings. The van der Waals surface area contributed by atoms with E-state index in [1.807, 2.05) is 25.1 Å². The maximum absolute atomic E-state index is 12.1. The Morgan fingerprint density at radius 3 is 2.56 bits per heavy atom. The Hall–Kier alpha value is -2.53. The number of carbonyl (C=O) groups is 2. The number of aromatic carboxylic acids is 1. The van der Waals surface area contributed by atoms with Gasteiger partial charge >= 0.3 is 5.97 Å². The van der Waals surface area contributed by atoms with Crippen LogP contribution in [0, 0.1) is 6.92 Å². The molecule has 0 aliphatic heterocycles. The van der Waals surface area contributed by atoms with E-state index in [4.69, 9.17) is 21.4 Å². The van der Waals surface area contributed by atoms with Crippen LogP contribution in [0.3, 0.4) is 0 Å². The number of ether oxygens (including phenoxy) is 1. The summed E-state index contributed by atoms with van der Waals surface area (Å²) in [5.41, 5.74) is 2.35. The summed E-state index contributed by atoms with van der Waals surface area (Å²) in [6.45, 7) is 5.89. The number of aryl methyl sites for hydroxylation is 1. The van der Waals surface area contributed by atoms with E-state index in [1.54, 1.807) is 6.07 Å². The predicted octanol–water partition coefficient (Wildman–Crippen LogP) is 4.49. The summed E-state index contributed by atoms with van der Waals surface area (Å²) in [5.74, 6) is -0.589. The lowest BCUT2D eigenvalue weighted by Gasteiger charge is -2.15. The van der Waals surface area contributed by atoms with E-state index >= 15 is 0 Å². The summed E-state index contributed by atoms with van der Waals surface area (Å²) >= 11 is 5.81. The molecule has 6 heteroatoms. The van der Waals surface area contributed by atoms with Gasteiger partial charge in [0.2, 0.25) is 0 Å². The van der Waals surface area contributed by atoms with Crippen LogP contribution in [0.5, 0.6) is 5.75 Å². The fraction of sp³-hybridized carbons (Fsp3) is 0.263. The highest BCUT2D eigenvalue weighted by atomic mass is 35.5. The van der Waals surface area contributed by atoms with E-state index in [0.717, 1.165) is 11.1 Å². The lowest BCUT2D eigenvalue weighted by Crippen LogP contribution is -2.21. The lowest BCUT2D eigenvalue weighted by molar-refractivity contribution is -0.118. The molecule has 0 bridgehead atoms. The topological polar surface area (TPSA) is 75.6 Å². The van der Waals surface area contributed by atoms with Gasteiger partial charge in [-0.1, -0.05) is 37.6 Å². The minimum absolute atomic E-state index is 0.0684. The molecule has 0 spiro atoms. The third-order valence-corrected chi connectivity index (χ3v) is 3.96.